The number of carbonyl (C=O) groups is 1. The Morgan fingerprint density at radius 2 is 2.00 bits per heavy atom. The van der Waals surface area contributed by atoms with Crippen LogP contribution in [0.15, 0.2) is 16.0 Å². The van der Waals surface area contributed by atoms with Crippen LogP contribution in [-0.4, -0.2) is 34.6 Å². The molecule has 0 bridgehead atoms. The molecule has 1 aromatic rings. The van der Waals surface area contributed by atoms with Gasteiger partial charge in [0, 0.05) is 32.5 Å². The van der Waals surface area contributed by atoms with Gasteiger partial charge in [0.25, 0.3) is 5.91 Å². The van der Waals surface area contributed by atoms with Gasteiger partial charge in [-0.15, -0.1) is 0 Å². The highest BCUT2D eigenvalue weighted by Crippen LogP contribution is 2.32. The minimum atomic E-state index is 0.0153. The van der Waals surface area contributed by atoms with Crippen molar-refractivity contribution in [3.63, 3.8) is 0 Å². The zero-order chi connectivity index (χ0) is 13.4. The van der Waals surface area contributed by atoms with E-state index in [1.165, 1.54) is 17.5 Å². The molecule has 2 rings (SSSR count). The van der Waals surface area contributed by atoms with Crippen LogP contribution in [0.4, 0.5) is 0 Å². The van der Waals surface area contributed by atoms with Gasteiger partial charge in [-0.25, -0.2) is 0 Å². The van der Waals surface area contributed by atoms with Gasteiger partial charge in [-0.1, -0.05) is 0 Å². The van der Waals surface area contributed by atoms with Gasteiger partial charge in [-0.2, -0.15) is 0 Å². The maximum Gasteiger partial charge on any atom is 0.266 e. The average Bonchev–Trinajstić information content (AvgIpc) is 2.75. The van der Waals surface area contributed by atoms with E-state index in [-0.39, 0.29) is 5.91 Å². The molecule has 0 unspecified atom stereocenters. The number of nitrogens with zero attached hydrogens (tertiary/aromatic N) is 3. The summed E-state index contributed by atoms with van der Waals surface area (Å²) >= 11 is 1.42. The molecule has 1 aliphatic rings. The monoisotopic (exact) mass is 263 g/mol. The SMILES string of the molecule is CN=C1SC(=Cc2cc(C)n(C)c2C)C(=O)N1C. The van der Waals surface area contributed by atoms with Crippen molar-refractivity contribution < 1.29 is 4.79 Å². The molecular weight excluding hydrogens is 246 g/mol. The standard InChI is InChI=1S/C13H17N3OS/c1-8-6-10(9(2)15(8)4)7-11-12(17)16(5)13(14-3)18-11/h6-7H,1-5H3. The Kier molecular flexibility index (Phi) is 3.34. The van der Waals surface area contributed by atoms with E-state index in [0.717, 1.165) is 21.3 Å². The number of thioether (sulfide) groups is 1. The largest absolute Gasteiger partial charge is 0.352 e. The molecule has 0 atom stereocenters. The van der Waals surface area contributed by atoms with E-state index in [0.29, 0.717) is 0 Å². The molecule has 1 aliphatic heterocycles. The normalized spacial score (nSPS) is 20.5. The van der Waals surface area contributed by atoms with Crippen LogP contribution >= 0.6 is 11.8 Å². The van der Waals surface area contributed by atoms with Crippen LogP contribution < -0.4 is 0 Å². The summed E-state index contributed by atoms with van der Waals surface area (Å²) in [6, 6.07) is 2.09. The Labute approximate surface area is 111 Å². The molecular formula is C13H17N3OS. The predicted molar refractivity (Wildman–Crippen MR) is 76.6 cm³/mol. The van der Waals surface area contributed by atoms with Crippen LogP contribution in [0.1, 0.15) is 17.0 Å². The first kappa shape index (κ1) is 13.0. The molecule has 0 aliphatic carbocycles. The number of aromatic nitrogens is 1. The summed E-state index contributed by atoms with van der Waals surface area (Å²) in [6.07, 6.45) is 1.95. The summed E-state index contributed by atoms with van der Waals surface area (Å²) in [5, 5.41) is 0.747. The topological polar surface area (TPSA) is 37.6 Å². The van der Waals surface area contributed by atoms with E-state index in [1.807, 2.05) is 13.1 Å². The number of carbonyl (C=O) groups excluding carboxylic acids is 1. The van der Waals surface area contributed by atoms with Crippen molar-refractivity contribution in [2.75, 3.05) is 14.1 Å². The van der Waals surface area contributed by atoms with Gasteiger partial charge in [-0.05, 0) is 43.3 Å². The molecule has 1 saturated heterocycles. The second-order valence-electron chi connectivity index (χ2n) is 4.37. The van der Waals surface area contributed by atoms with Gasteiger partial charge in [0.15, 0.2) is 5.17 Å². The quantitative estimate of drug-likeness (QED) is 0.728. The number of hydrogen-bond donors (Lipinski definition) is 0. The number of aliphatic imine (C=N–C) groups is 1. The van der Waals surface area contributed by atoms with E-state index in [1.54, 1.807) is 19.0 Å². The highest BCUT2D eigenvalue weighted by atomic mass is 32.2. The Balaban J connectivity index is 2.41. The second-order valence-corrected chi connectivity index (χ2v) is 5.38. The highest BCUT2D eigenvalue weighted by molar-refractivity contribution is 8.18. The van der Waals surface area contributed by atoms with Crippen LogP contribution in [0.25, 0.3) is 6.08 Å². The number of amides is 1. The smallest absolute Gasteiger partial charge is 0.266 e. The van der Waals surface area contributed by atoms with Gasteiger partial charge in [0.05, 0.1) is 4.91 Å². The average molecular weight is 263 g/mol. The fraction of sp³-hybridized carbons (Fsp3) is 0.385. The van der Waals surface area contributed by atoms with Crippen LogP contribution in [0.3, 0.4) is 0 Å². The lowest BCUT2D eigenvalue weighted by atomic mass is 10.2. The maximum atomic E-state index is 12.0. The zero-order valence-electron chi connectivity index (χ0n) is 11.3. The van der Waals surface area contributed by atoms with E-state index in [4.69, 9.17) is 0 Å². The lowest BCUT2D eigenvalue weighted by Crippen LogP contribution is -2.23. The molecule has 0 N–H and O–H groups in total. The third kappa shape index (κ3) is 1.99. The second kappa shape index (κ2) is 4.65. The number of aryl methyl sites for hydroxylation is 1. The van der Waals surface area contributed by atoms with Crippen molar-refractivity contribution in [1.82, 2.24) is 9.47 Å². The summed E-state index contributed by atoms with van der Waals surface area (Å²) in [7, 11) is 5.48. The van der Waals surface area contributed by atoms with Gasteiger partial charge in [0.2, 0.25) is 0 Å². The third-order valence-electron chi connectivity index (χ3n) is 3.30. The third-order valence-corrected chi connectivity index (χ3v) is 4.45. The molecule has 1 amide bonds. The van der Waals surface area contributed by atoms with Gasteiger partial charge >= 0.3 is 0 Å². The summed E-state index contributed by atoms with van der Waals surface area (Å²) in [6.45, 7) is 4.12. The Bertz CT molecular complexity index is 569. The fourth-order valence-electron chi connectivity index (χ4n) is 1.92. The van der Waals surface area contributed by atoms with Crippen molar-refractivity contribution in [3.05, 3.63) is 27.9 Å². The minimum Gasteiger partial charge on any atom is -0.352 e. The molecule has 0 radical (unpaired) electrons. The van der Waals surface area contributed by atoms with Crippen molar-refractivity contribution in [3.8, 4) is 0 Å². The van der Waals surface area contributed by atoms with E-state index < -0.39 is 0 Å². The Morgan fingerprint density at radius 3 is 2.44 bits per heavy atom. The van der Waals surface area contributed by atoms with Gasteiger partial charge in [-0.3, -0.25) is 14.7 Å². The summed E-state index contributed by atoms with van der Waals surface area (Å²) < 4.78 is 2.12. The molecule has 0 spiro atoms. The van der Waals surface area contributed by atoms with E-state index in [2.05, 4.69) is 29.5 Å². The Hall–Kier alpha value is -1.49. The van der Waals surface area contributed by atoms with Crippen molar-refractivity contribution >= 4 is 28.9 Å². The fourth-order valence-corrected chi connectivity index (χ4v) is 2.84. The first-order chi connectivity index (χ1) is 8.45. The molecule has 1 fully saturated rings. The lowest BCUT2D eigenvalue weighted by molar-refractivity contribution is -0.121. The summed E-state index contributed by atoms with van der Waals surface area (Å²) in [5.41, 5.74) is 3.45. The van der Waals surface area contributed by atoms with Crippen LogP contribution in [0, 0.1) is 13.8 Å². The molecule has 5 heteroatoms. The molecule has 2 heterocycles. The number of hydrogen-bond acceptors (Lipinski definition) is 3. The minimum absolute atomic E-state index is 0.0153. The molecule has 4 nitrogen and oxygen atoms in total. The van der Waals surface area contributed by atoms with Crippen LogP contribution in [0.2, 0.25) is 0 Å². The zero-order valence-corrected chi connectivity index (χ0v) is 12.1. The summed E-state index contributed by atoms with van der Waals surface area (Å²) in [5.74, 6) is 0.0153. The predicted octanol–water partition coefficient (Wildman–Crippen LogP) is 2.17. The summed E-state index contributed by atoms with van der Waals surface area (Å²) in [4.78, 5) is 18.4. The number of likely N-dealkylation sites (N-methyl/N-ethyl adjacent to an activating group) is 1. The van der Waals surface area contributed by atoms with E-state index >= 15 is 0 Å². The maximum absolute atomic E-state index is 12.0. The molecule has 0 aromatic carbocycles. The van der Waals surface area contributed by atoms with Crippen molar-refractivity contribution in [1.29, 1.82) is 0 Å². The highest BCUT2D eigenvalue weighted by Gasteiger charge is 2.29. The lowest BCUT2D eigenvalue weighted by Gasteiger charge is -2.05. The van der Waals surface area contributed by atoms with Crippen molar-refractivity contribution in [2.45, 2.75) is 13.8 Å². The van der Waals surface area contributed by atoms with E-state index in [9.17, 15) is 4.79 Å². The number of rotatable bonds is 1. The van der Waals surface area contributed by atoms with Gasteiger partial charge < -0.3 is 4.57 Å². The van der Waals surface area contributed by atoms with Crippen LogP contribution in [-0.2, 0) is 11.8 Å². The van der Waals surface area contributed by atoms with Crippen LogP contribution in [0.5, 0.6) is 0 Å². The molecule has 0 saturated carbocycles. The Morgan fingerprint density at radius 1 is 1.33 bits per heavy atom. The first-order valence-corrected chi connectivity index (χ1v) is 6.54. The first-order valence-electron chi connectivity index (χ1n) is 5.73. The molecule has 18 heavy (non-hydrogen) atoms. The molecule has 1 aromatic heterocycles. The number of amidine groups is 1. The van der Waals surface area contributed by atoms with Crippen molar-refractivity contribution in [2.24, 2.45) is 12.0 Å². The van der Waals surface area contributed by atoms with Gasteiger partial charge in [0.1, 0.15) is 0 Å². The molecule has 96 valence electrons.